The first-order valence-electron chi connectivity index (χ1n) is 9.44. The standard InChI is InChI=1S/C23H18N4O3/c1-29-23(28)17-13-26-27-19(16-9-11-24-18-10-12-25-21(16)18)7-8-20(22(17)27)30-14-15-5-3-2-4-6-15/h2-13,25H,14H2,1H3. The smallest absolute Gasteiger partial charge is 0.341 e. The van der Waals surface area contributed by atoms with Crippen LogP contribution in [0, 0.1) is 0 Å². The monoisotopic (exact) mass is 398 g/mol. The second-order valence-electron chi connectivity index (χ2n) is 6.76. The summed E-state index contributed by atoms with van der Waals surface area (Å²) >= 11 is 0. The minimum atomic E-state index is -0.466. The van der Waals surface area contributed by atoms with Crippen LogP contribution in [0.4, 0.5) is 0 Å². The van der Waals surface area contributed by atoms with E-state index in [1.807, 2.05) is 60.8 Å². The molecule has 4 aromatic heterocycles. The predicted octanol–water partition coefficient (Wildman–Crippen LogP) is 4.24. The minimum absolute atomic E-state index is 0.346. The maximum absolute atomic E-state index is 12.4. The highest BCUT2D eigenvalue weighted by atomic mass is 16.5. The molecule has 7 heteroatoms. The number of carbonyl (C=O) groups is 1. The van der Waals surface area contributed by atoms with Crippen molar-refractivity contribution in [1.29, 1.82) is 0 Å². The second-order valence-corrected chi connectivity index (χ2v) is 6.76. The van der Waals surface area contributed by atoms with Crippen LogP contribution in [-0.4, -0.2) is 32.7 Å². The zero-order valence-electron chi connectivity index (χ0n) is 16.2. The summed E-state index contributed by atoms with van der Waals surface area (Å²) in [6, 6.07) is 17.5. The highest BCUT2D eigenvalue weighted by molar-refractivity contribution is 6.00. The molecule has 0 fully saturated rings. The highest BCUT2D eigenvalue weighted by Gasteiger charge is 2.21. The van der Waals surface area contributed by atoms with E-state index in [1.165, 1.54) is 13.3 Å². The van der Waals surface area contributed by atoms with Gasteiger partial charge in [0, 0.05) is 18.0 Å². The number of ether oxygens (including phenoxy) is 2. The van der Waals surface area contributed by atoms with Crippen LogP contribution >= 0.6 is 0 Å². The molecule has 0 aliphatic heterocycles. The summed E-state index contributed by atoms with van der Waals surface area (Å²) in [5.74, 6) is 0.0868. The van der Waals surface area contributed by atoms with E-state index in [1.54, 1.807) is 10.7 Å². The van der Waals surface area contributed by atoms with Crippen LogP contribution in [0.3, 0.4) is 0 Å². The van der Waals surface area contributed by atoms with Gasteiger partial charge in [0.05, 0.1) is 30.0 Å². The molecule has 30 heavy (non-hydrogen) atoms. The summed E-state index contributed by atoms with van der Waals surface area (Å²) in [4.78, 5) is 20.0. The normalized spacial score (nSPS) is 11.1. The van der Waals surface area contributed by atoms with Crippen molar-refractivity contribution in [2.24, 2.45) is 0 Å². The third-order valence-corrected chi connectivity index (χ3v) is 4.99. The second kappa shape index (κ2) is 7.36. The molecule has 148 valence electrons. The largest absolute Gasteiger partial charge is 0.487 e. The lowest BCUT2D eigenvalue weighted by atomic mass is 10.1. The van der Waals surface area contributed by atoms with Gasteiger partial charge in [0.25, 0.3) is 0 Å². The van der Waals surface area contributed by atoms with Crippen LogP contribution in [-0.2, 0) is 11.3 Å². The molecule has 0 aliphatic carbocycles. The average molecular weight is 398 g/mol. The quantitative estimate of drug-likeness (QED) is 0.448. The number of esters is 1. The van der Waals surface area contributed by atoms with Gasteiger partial charge < -0.3 is 14.5 Å². The number of methoxy groups -OCH3 is 1. The van der Waals surface area contributed by atoms with Crippen molar-refractivity contribution in [3.8, 4) is 17.0 Å². The van der Waals surface area contributed by atoms with E-state index in [0.29, 0.717) is 23.4 Å². The van der Waals surface area contributed by atoms with Crippen LogP contribution < -0.4 is 4.74 Å². The first-order valence-corrected chi connectivity index (χ1v) is 9.44. The first-order chi connectivity index (χ1) is 14.8. The zero-order valence-corrected chi connectivity index (χ0v) is 16.2. The number of hydrogen-bond donors (Lipinski definition) is 1. The molecule has 1 aromatic carbocycles. The Labute approximate surface area is 171 Å². The zero-order chi connectivity index (χ0) is 20.5. The maximum atomic E-state index is 12.4. The van der Waals surface area contributed by atoms with Gasteiger partial charge in [0.2, 0.25) is 0 Å². The molecule has 0 amide bonds. The molecule has 0 bridgehead atoms. The fraction of sp³-hybridized carbons (Fsp3) is 0.0870. The molecular weight excluding hydrogens is 380 g/mol. The lowest BCUT2D eigenvalue weighted by Gasteiger charge is -2.12. The lowest BCUT2D eigenvalue weighted by Crippen LogP contribution is -2.04. The summed E-state index contributed by atoms with van der Waals surface area (Å²) < 4.78 is 12.7. The number of benzene rings is 1. The van der Waals surface area contributed by atoms with Crippen molar-refractivity contribution in [2.75, 3.05) is 7.11 Å². The molecule has 0 aliphatic rings. The van der Waals surface area contributed by atoms with Crippen LogP contribution in [0.2, 0.25) is 0 Å². The van der Waals surface area contributed by atoms with E-state index >= 15 is 0 Å². The topological polar surface area (TPSA) is 81.5 Å². The number of fused-ring (bicyclic) bond motifs is 2. The Bertz CT molecular complexity index is 1360. The third-order valence-electron chi connectivity index (χ3n) is 4.99. The number of carbonyl (C=O) groups excluding carboxylic acids is 1. The van der Waals surface area contributed by atoms with Crippen LogP contribution in [0.1, 0.15) is 15.9 Å². The number of nitrogens with one attached hydrogen (secondary N) is 1. The molecule has 1 N–H and O–H groups in total. The van der Waals surface area contributed by atoms with E-state index in [9.17, 15) is 4.79 Å². The number of hydrogen-bond acceptors (Lipinski definition) is 5. The van der Waals surface area contributed by atoms with Crippen LogP contribution in [0.15, 0.2) is 73.2 Å². The summed E-state index contributed by atoms with van der Waals surface area (Å²) in [6.45, 7) is 0.373. The van der Waals surface area contributed by atoms with Crippen molar-refractivity contribution in [1.82, 2.24) is 19.6 Å². The molecule has 5 rings (SSSR count). The Morgan fingerprint density at radius 1 is 1.10 bits per heavy atom. The SMILES string of the molecule is COC(=O)c1cnn2c(-c3ccnc4cc[nH]c34)ccc(OCc3ccccc3)c12. The molecule has 0 unspecified atom stereocenters. The lowest BCUT2D eigenvalue weighted by molar-refractivity contribution is 0.0602. The van der Waals surface area contributed by atoms with Crippen molar-refractivity contribution in [3.63, 3.8) is 0 Å². The third kappa shape index (κ3) is 2.97. The van der Waals surface area contributed by atoms with E-state index < -0.39 is 5.97 Å². The highest BCUT2D eigenvalue weighted by Crippen LogP contribution is 2.33. The molecule has 0 spiro atoms. The van der Waals surface area contributed by atoms with Crippen molar-refractivity contribution in [3.05, 3.63) is 84.3 Å². The molecule has 7 nitrogen and oxygen atoms in total. The molecule has 0 radical (unpaired) electrons. The average Bonchev–Trinajstić information content (AvgIpc) is 3.45. The van der Waals surface area contributed by atoms with Crippen LogP contribution in [0.25, 0.3) is 27.8 Å². The Morgan fingerprint density at radius 2 is 1.97 bits per heavy atom. The van der Waals surface area contributed by atoms with Gasteiger partial charge in [-0.05, 0) is 29.8 Å². The first kappa shape index (κ1) is 17.9. The number of H-pyrrole nitrogens is 1. The van der Waals surface area contributed by atoms with Gasteiger partial charge >= 0.3 is 5.97 Å². The number of rotatable bonds is 5. The maximum Gasteiger partial charge on any atom is 0.341 e. The number of pyridine rings is 2. The van der Waals surface area contributed by atoms with Gasteiger partial charge in [-0.25, -0.2) is 9.31 Å². The Balaban J connectivity index is 1.67. The molecule has 0 saturated carbocycles. The summed E-state index contributed by atoms with van der Waals surface area (Å²) in [5.41, 5.74) is 5.41. The van der Waals surface area contributed by atoms with E-state index in [2.05, 4.69) is 15.1 Å². The van der Waals surface area contributed by atoms with Crippen molar-refractivity contribution >= 4 is 22.5 Å². The Kier molecular flexibility index (Phi) is 4.40. The van der Waals surface area contributed by atoms with E-state index in [0.717, 1.165) is 27.9 Å². The van der Waals surface area contributed by atoms with Gasteiger partial charge in [-0.2, -0.15) is 5.10 Å². The van der Waals surface area contributed by atoms with Gasteiger partial charge in [0.15, 0.2) is 0 Å². The van der Waals surface area contributed by atoms with Gasteiger partial charge in [0.1, 0.15) is 23.4 Å². The minimum Gasteiger partial charge on any atom is -0.487 e. The van der Waals surface area contributed by atoms with Crippen molar-refractivity contribution < 1.29 is 14.3 Å². The van der Waals surface area contributed by atoms with Gasteiger partial charge in [-0.15, -0.1) is 0 Å². The molecule has 0 saturated heterocycles. The Hall–Kier alpha value is -4.13. The summed E-state index contributed by atoms with van der Waals surface area (Å²) in [5, 5.41) is 4.47. The number of nitrogens with zero attached hydrogens (tertiary/aromatic N) is 3. The molecule has 4 heterocycles. The van der Waals surface area contributed by atoms with Crippen molar-refractivity contribution in [2.45, 2.75) is 6.61 Å². The fourth-order valence-corrected chi connectivity index (χ4v) is 3.56. The van der Waals surface area contributed by atoms with E-state index in [4.69, 9.17) is 9.47 Å². The summed E-state index contributed by atoms with van der Waals surface area (Å²) in [6.07, 6.45) is 5.10. The van der Waals surface area contributed by atoms with Gasteiger partial charge in [-0.1, -0.05) is 30.3 Å². The molecule has 5 aromatic rings. The fourth-order valence-electron chi connectivity index (χ4n) is 3.56. The Morgan fingerprint density at radius 3 is 2.80 bits per heavy atom. The predicted molar refractivity (Wildman–Crippen MR) is 112 cm³/mol. The molecule has 0 atom stereocenters. The van der Waals surface area contributed by atoms with E-state index in [-0.39, 0.29) is 0 Å². The number of aromatic amines is 1. The van der Waals surface area contributed by atoms with Gasteiger partial charge in [-0.3, -0.25) is 4.98 Å². The summed E-state index contributed by atoms with van der Waals surface area (Å²) in [7, 11) is 1.35. The van der Waals surface area contributed by atoms with Crippen LogP contribution in [0.5, 0.6) is 5.75 Å². The molecular formula is C23H18N4O3. The number of aromatic nitrogens is 4.